The Morgan fingerprint density at radius 1 is 1.41 bits per heavy atom. The third kappa shape index (κ3) is 3.07. The molecular formula is C12H10BrClFNS. The van der Waals surface area contributed by atoms with Gasteiger partial charge < -0.3 is 5.73 Å². The van der Waals surface area contributed by atoms with Crippen LogP contribution in [0.5, 0.6) is 0 Å². The maximum absolute atomic E-state index is 13.1. The Morgan fingerprint density at radius 3 is 2.82 bits per heavy atom. The average Bonchev–Trinajstić information content (AvgIpc) is 2.70. The monoisotopic (exact) mass is 333 g/mol. The summed E-state index contributed by atoms with van der Waals surface area (Å²) in [6.45, 7) is 0. The van der Waals surface area contributed by atoms with Gasteiger partial charge in [-0.3, -0.25) is 0 Å². The zero-order valence-electron chi connectivity index (χ0n) is 8.79. The van der Waals surface area contributed by atoms with Gasteiger partial charge in [-0.05, 0) is 41.6 Å². The molecule has 1 aromatic carbocycles. The van der Waals surface area contributed by atoms with Crippen molar-refractivity contribution in [2.45, 2.75) is 12.5 Å². The van der Waals surface area contributed by atoms with Crippen molar-refractivity contribution in [1.29, 1.82) is 0 Å². The molecule has 1 nitrogen and oxygen atoms in total. The zero-order valence-corrected chi connectivity index (χ0v) is 11.9. The second-order valence-corrected chi connectivity index (χ2v) is 5.89. The third-order valence-corrected chi connectivity index (χ3v) is 4.69. The van der Waals surface area contributed by atoms with E-state index < -0.39 is 0 Å². The van der Waals surface area contributed by atoms with Gasteiger partial charge in [-0.2, -0.15) is 0 Å². The highest BCUT2D eigenvalue weighted by Gasteiger charge is 2.14. The van der Waals surface area contributed by atoms with E-state index in [4.69, 9.17) is 17.3 Å². The topological polar surface area (TPSA) is 26.0 Å². The molecule has 1 aromatic heterocycles. The van der Waals surface area contributed by atoms with Crippen LogP contribution in [0.4, 0.5) is 4.39 Å². The number of hydrogen-bond donors (Lipinski definition) is 1. The van der Waals surface area contributed by atoms with Gasteiger partial charge in [0.25, 0.3) is 0 Å². The van der Waals surface area contributed by atoms with Crippen molar-refractivity contribution in [3.63, 3.8) is 0 Å². The maximum atomic E-state index is 13.1. The summed E-state index contributed by atoms with van der Waals surface area (Å²) in [6.07, 6.45) is 0.554. The highest BCUT2D eigenvalue weighted by Crippen LogP contribution is 2.31. The molecule has 1 atom stereocenters. The lowest BCUT2D eigenvalue weighted by molar-refractivity contribution is 0.622. The summed E-state index contributed by atoms with van der Waals surface area (Å²) in [4.78, 5) is 0.933. The molecule has 90 valence electrons. The van der Waals surface area contributed by atoms with Crippen LogP contribution >= 0.6 is 38.9 Å². The molecule has 1 heterocycles. The Hall–Kier alpha value is -0.420. The molecule has 2 aromatic rings. The molecule has 0 amide bonds. The molecular weight excluding hydrogens is 325 g/mol. The van der Waals surface area contributed by atoms with Crippen molar-refractivity contribution in [3.05, 3.63) is 55.4 Å². The van der Waals surface area contributed by atoms with Gasteiger partial charge in [-0.1, -0.05) is 27.5 Å². The van der Waals surface area contributed by atoms with Crippen molar-refractivity contribution in [3.8, 4) is 0 Å². The Labute approximate surface area is 117 Å². The van der Waals surface area contributed by atoms with Crippen LogP contribution in [-0.4, -0.2) is 0 Å². The van der Waals surface area contributed by atoms with Gasteiger partial charge in [0.05, 0.1) is 5.02 Å². The van der Waals surface area contributed by atoms with Crippen LogP contribution in [0.3, 0.4) is 0 Å². The molecule has 0 aliphatic carbocycles. The minimum atomic E-state index is -0.257. The van der Waals surface area contributed by atoms with Crippen LogP contribution in [0.15, 0.2) is 34.1 Å². The first kappa shape index (κ1) is 13.0. The van der Waals surface area contributed by atoms with E-state index in [1.54, 1.807) is 6.07 Å². The van der Waals surface area contributed by atoms with E-state index in [-0.39, 0.29) is 11.9 Å². The van der Waals surface area contributed by atoms with E-state index >= 15 is 0 Å². The fraction of sp³-hybridized carbons (Fsp3) is 0.167. The first-order valence-electron chi connectivity index (χ1n) is 5.00. The fourth-order valence-corrected chi connectivity index (χ4v) is 3.21. The molecule has 2 N–H and O–H groups in total. The highest BCUT2D eigenvalue weighted by molar-refractivity contribution is 9.10. The largest absolute Gasteiger partial charge is 0.323 e. The van der Waals surface area contributed by atoms with Crippen LogP contribution in [0.1, 0.15) is 16.5 Å². The Bertz CT molecular complexity index is 529. The van der Waals surface area contributed by atoms with Gasteiger partial charge in [0.15, 0.2) is 0 Å². The minimum Gasteiger partial charge on any atom is -0.323 e. The number of benzene rings is 1. The number of halogens is 3. The predicted molar refractivity (Wildman–Crippen MR) is 74.1 cm³/mol. The van der Waals surface area contributed by atoms with Gasteiger partial charge in [-0.25, -0.2) is 4.39 Å². The van der Waals surface area contributed by atoms with Crippen molar-refractivity contribution in [1.82, 2.24) is 0 Å². The van der Waals surface area contributed by atoms with Gasteiger partial charge in [0, 0.05) is 15.4 Å². The minimum absolute atomic E-state index is 0.208. The number of rotatable bonds is 3. The molecule has 0 fully saturated rings. The van der Waals surface area contributed by atoms with Gasteiger partial charge >= 0.3 is 0 Å². The number of thiophene rings is 1. The Morgan fingerprint density at radius 2 is 2.18 bits per heavy atom. The first-order valence-corrected chi connectivity index (χ1v) is 7.05. The van der Waals surface area contributed by atoms with Crippen molar-refractivity contribution in [2.24, 2.45) is 5.73 Å². The Balaban J connectivity index is 2.21. The zero-order chi connectivity index (χ0) is 12.4. The number of hydrogen-bond acceptors (Lipinski definition) is 2. The summed E-state index contributed by atoms with van der Waals surface area (Å²) in [5.41, 5.74) is 6.92. The normalized spacial score (nSPS) is 12.7. The van der Waals surface area contributed by atoms with E-state index in [1.807, 2.05) is 11.4 Å². The van der Waals surface area contributed by atoms with Gasteiger partial charge in [-0.15, -0.1) is 11.3 Å². The lowest BCUT2D eigenvalue weighted by Crippen LogP contribution is -2.12. The summed E-state index contributed by atoms with van der Waals surface area (Å²) < 4.78 is 14.0. The smallest absolute Gasteiger partial charge is 0.123 e. The molecule has 0 bridgehead atoms. The van der Waals surface area contributed by atoms with E-state index in [1.165, 1.54) is 23.5 Å². The summed E-state index contributed by atoms with van der Waals surface area (Å²) >= 11 is 10.9. The summed E-state index contributed by atoms with van der Waals surface area (Å²) in [6, 6.07) is 6.21. The molecule has 0 radical (unpaired) electrons. The quantitative estimate of drug-likeness (QED) is 0.876. The van der Waals surface area contributed by atoms with Crippen LogP contribution < -0.4 is 5.73 Å². The van der Waals surface area contributed by atoms with Crippen molar-refractivity contribution in [2.75, 3.05) is 0 Å². The maximum Gasteiger partial charge on any atom is 0.123 e. The van der Waals surface area contributed by atoms with E-state index in [0.717, 1.165) is 14.9 Å². The van der Waals surface area contributed by atoms with Gasteiger partial charge in [0.1, 0.15) is 5.82 Å². The molecule has 0 saturated carbocycles. The molecule has 0 saturated heterocycles. The highest BCUT2D eigenvalue weighted by atomic mass is 79.9. The average molecular weight is 335 g/mol. The second kappa shape index (κ2) is 5.48. The van der Waals surface area contributed by atoms with E-state index in [9.17, 15) is 4.39 Å². The van der Waals surface area contributed by atoms with Gasteiger partial charge in [0.2, 0.25) is 0 Å². The fourth-order valence-electron chi connectivity index (χ4n) is 1.60. The second-order valence-electron chi connectivity index (χ2n) is 3.68. The Kier molecular flexibility index (Phi) is 4.20. The summed E-state index contributed by atoms with van der Waals surface area (Å²) in [5, 5.41) is 2.58. The third-order valence-electron chi connectivity index (χ3n) is 2.43. The lowest BCUT2D eigenvalue weighted by Gasteiger charge is -2.12. The van der Waals surface area contributed by atoms with Crippen molar-refractivity contribution < 1.29 is 4.39 Å². The molecule has 0 aliphatic rings. The molecule has 2 rings (SSSR count). The van der Waals surface area contributed by atoms with E-state index in [0.29, 0.717) is 11.4 Å². The van der Waals surface area contributed by atoms with E-state index in [2.05, 4.69) is 15.9 Å². The van der Waals surface area contributed by atoms with Crippen LogP contribution in [0.25, 0.3) is 0 Å². The standard InChI is InChI=1S/C12H10BrClFNS/c13-9-2-1-8(15)5-7(9)6-11(16)12-10(14)3-4-17-12/h1-5,11H,6,16H2. The van der Waals surface area contributed by atoms with Crippen LogP contribution in [-0.2, 0) is 6.42 Å². The summed E-state index contributed by atoms with van der Waals surface area (Å²) in [5.74, 6) is -0.257. The molecule has 1 unspecified atom stereocenters. The predicted octanol–water partition coefficient (Wildman–Crippen LogP) is 4.55. The molecule has 0 aliphatic heterocycles. The number of nitrogens with two attached hydrogens (primary N) is 1. The summed E-state index contributed by atoms with van der Waals surface area (Å²) in [7, 11) is 0. The molecule has 17 heavy (non-hydrogen) atoms. The molecule has 5 heteroatoms. The molecule has 0 spiro atoms. The van der Waals surface area contributed by atoms with Crippen LogP contribution in [0.2, 0.25) is 5.02 Å². The van der Waals surface area contributed by atoms with Crippen molar-refractivity contribution >= 4 is 38.9 Å². The SMILES string of the molecule is NC(Cc1cc(F)ccc1Br)c1sccc1Cl. The first-order chi connectivity index (χ1) is 8.08. The van der Waals surface area contributed by atoms with Crippen LogP contribution in [0, 0.1) is 5.82 Å². The lowest BCUT2D eigenvalue weighted by atomic mass is 10.1.